The van der Waals surface area contributed by atoms with Crippen LogP contribution in [0.4, 0.5) is 5.69 Å². The Hall–Kier alpha value is -3.25. The molecule has 1 fully saturated rings. The predicted molar refractivity (Wildman–Crippen MR) is 102 cm³/mol. The fraction of sp³-hybridized carbons (Fsp3) is 0.421. The number of benzene rings is 1. The van der Waals surface area contributed by atoms with Gasteiger partial charge in [-0.1, -0.05) is 6.92 Å². The molecule has 2 amide bonds. The van der Waals surface area contributed by atoms with Crippen LogP contribution in [0.25, 0.3) is 11.0 Å². The molecule has 9 heteroatoms. The van der Waals surface area contributed by atoms with Crippen molar-refractivity contribution >= 4 is 28.5 Å². The van der Waals surface area contributed by atoms with Crippen molar-refractivity contribution in [3.8, 4) is 6.07 Å². The Labute approximate surface area is 162 Å². The van der Waals surface area contributed by atoms with Gasteiger partial charge >= 0.3 is 0 Å². The second-order valence-corrected chi connectivity index (χ2v) is 6.71. The molecular weight excluding hydrogens is 360 g/mol. The zero-order valence-corrected chi connectivity index (χ0v) is 15.8. The summed E-state index contributed by atoms with van der Waals surface area (Å²) in [6.07, 6.45) is 2.53. The Morgan fingerprint density at radius 1 is 1.36 bits per heavy atom. The number of anilines is 1. The monoisotopic (exact) mass is 382 g/mol. The normalized spacial score (nSPS) is 20.4. The summed E-state index contributed by atoms with van der Waals surface area (Å²) in [7, 11) is 0. The van der Waals surface area contributed by atoms with E-state index in [1.807, 2.05) is 11.8 Å². The predicted octanol–water partition coefficient (Wildman–Crippen LogP) is 0.475. The number of rotatable bonds is 5. The Morgan fingerprint density at radius 3 is 2.71 bits per heavy atom. The number of aromatic nitrogens is 2. The van der Waals surface area contributed by atoms with Gasteiger partial charge in [0.1, 0.15) is 23.1 Å². The van der Waals surface area contributed by atoms with Crippen LogP contribution in [0, 0.1) is 11.3 Å². The number of hydrogen-bond donors (Lipinski definition) is 2. The van der Waals surface area contributed by atoms with Crippen LogP contribution < -0.4 is 16.0 Å². The lowest BCUT2D eigenvalue weighted by molar-refractivity contribution is -0.140. The minimum atomic E-state index is -0.764. The van der Waals surface area contributed by atoms with Crippen molar-refractivity contribution in [2.75, 3.05) is 18.0 Å². The Morgan fingerprint density at radius 2 is 2.07 bits per heavy atom. The van der Waals surface area contributed by atoms with E-state index in [9.17, 15) is 14.9 Å². The summed E-state index contributed by atoms with van der Waals surface area (Å²) in [6.45, 7) is 4.47. The number of nitrogens with one attached hydrogen (secondary N) is 1. The average Bonchev–Trinajstić information content (AvgIpc) is 2.70. The van der Waals surface area contributed by atoms with E-state index in [2.05, 4.69) is 21.4 Å². The number of carbonyl (C=O) groups is 2. The molecule has 1 aliphatic rings. The molecule has 0 bridgehead atoms. The molecule has 1 aromatic carbocycles. The molecule has 0 radical (unpaired) electrons. The van der Waals surface area contributed by atoms with E-state index < -0.39 is 18.1 Å². The first-order chi connectivity index (χ1) is 13.4. The van der Waals surface area contributed by atoms with E-state index in [0.29, 0.717) is 29.6 Å². The third-order valence-corrected chi connectivity index (χ3v) is 4.69. The topological polar surface area (TPSA) is 134 Å². The molecule has 2 aromatic rings. The number of nitriles is 1. The van der Waals surface area contributed by atoms with Gasteiger partial charge in [-0.05, 0) is 25.5 Å². The van der Waals surface area contributed by atoms with Gasteiger partial charge in [0, 0.05) is 18.9 Å². The van der Waals surface area contributed by atoms with E-state index in [4.69, 9.17) is 10.5 Å². The van der Waals surface area contributed by atoms with E-state index in [1.54, 1.807) is 31.5 Å². The summed E-state index contributed by atoms with van der Waals surface area (Å²) in [6, 6.07) is 4.89. The minimum Gasteiger partial charge on any atom is -0.368 e. The highest BCUT2D eigenvalue weighted by Gasteiger charge is 2.33. The van der Waals surface area contributed by atoms with Gasteiger partial charge in [-0.25, -0.2) is 0 Å². The molecule has 146 valence electrons. The van der Waals surface area contributed by atoms with Crippen LogP contribution in [-0.4, -0.2) is 53.1 Å². The molecule has 1 saturated heterocycles. The highest BCUT2D eigenvalue weighted by atomic mass is 16.5. The summed E-state index contributed by atoms with van der Waals surface area (Å²) in [5, 5.41) is 12.0. The first-order valence-corrected chi connectivity index (χ1v) is 9.08. The van der Waals surface area contributed by atoms with Crippen molar-refractivity contribution < 1.29 is 14.3 Å². The molecule has 3 atom stereocenters. The molecule has 28 heavy (non-hydrogen) atoms. The second-order valence-electron chi connectivity index (χ2n) is 6.71. The molecule has 1 aromatic heterocycles. The first kappa shape index (κ1) is 19.5. The second kappa shape index (κ2) is 8.19. The van der Waals surface area contributed by atoms with E-state index in [0.717, 1.165) is 5.69 Å². The fourth-order valence-electron chi connectivity index (χ4n) is 3.32. The van der Waals surface area contributed by atoms with Gasteiger partial charge in [0.15, 0.2) is 6.10 Å². The summed E-state index contributed by atoms with van der Waals surface area (Å²) in [5.41, 5.74) is 7.64. The van der Waals surface area contributed by atoms with Crippen molar-refractivity contribution in [1.82, 2.24) is 15.3 Å². The van der Waals surface area contributed by atoms with Crippen LogP contribution in [-0.2, 0) is 14.3 Å². The standard InChI is InChI=1S/C19H22N6O3/c1-3-13(18(21)26)24-19(27)15-10-25(9-11(2)28-15)14-5-4-12(8-20)16-17(14)23-7-6-22-16/h4-7,11,13,15H,3,9-10H2,1-2H3,(H2,21,26)(H,24,27). The number of morpholine rings is 1. The molecule has 0 spiro atoms. The van der Waals surface area contributed by atoms with Crippen molar-refractivity contribution in [3.63, 3.8) is 0 Å². The number of nitrogens with two attached hydrogens (primary N) is 1. The quantitative estimate of drug-likeness (QED) is 0.768. The highest BCUT2D eigenvalue weighted by Crippen LogP contribution is 2.28. The van der Waals surface area contributed by atoms with Gasteiger partial charge < -0.3 is 20.7 Å². The van der Waals surface area contributed by atoms with Gasteiger partial charge in [-0.2, -0.15) is 5.26 Å². The van der Waals surface area contributed by atoms with Gasteiger partial charge in [0.05, 0.1) is 23.9 Å². The summed E-state index contributed by atoms with van der Waals surface area (Å²) >= 11 is 0. The smallest absolute Gasteiger partial charge is 0.251 e. The van der Waals surface area contributed by atoms with Gasteiger partial charge in [-0.3, -0.25) is 19.6 Å². The van der Waals surface area contributed by atoms with E-state index in [-0.39, 0.29) is 18.6 Å². The van der Waals surface area contributed by atoms with Crippen LogP contribution in [0.1, 0.15) is 25.8 Å². The Kier molecular flexibility index (Phi) is 5.70. The average molecular weight is 382 g/mol. The molecular formula is C19H22N6O3. The molecule has 3 N–H and O–H groups in total. The number of hydrogen-bond acceptors (Lipinski definition) is 7. The van der Waals surface area contributed by atoms with Crippen molar-refractivity contribution in [2.24, 2.45) is 5.73 Å². The lowest BCUT2D eigenvalue weighted by Crippen LogP contribution is -2.56. The maximum absolute atomic E-state index is 12.6. The van der Waals surface area contributed by atoms with Crippen molar-refractivity contribution in [1.29, 1.82) is 5.26 Å². The molecule has 9 nitrogen and oxygen atoms in total. The van der Waals surface area contributed by atoms with Crippen LogP contribution >= 0.6 is 0 Å². The zero-order chi connectivity index (χ0) is 20.3. The van der Waals surface area contributed by atoms with Crippen LogP contribution in [0.15, 0.2) is 24.5 Å². The number of carbonyl (C=O) groups excluding carboxylic acids is 2. The lowest BCUT2D eigenvalue weighted by Gasteiger charge is -2.38. The van der Waals surface area contributed by atoms with Crippen LogP contribution in [0.3, 0.4) is 0 Å². The summed E-state index contributed by atoms with van der Waals surface area (Å²) in [4.78, 5) is 34.7. The molecule has 2 heterocycles. The van der Waals surface area contributed by atoms with Crippen LogP contribution in [0.2, 0.25) is 0 Å². The van der Waals surface area contributed by atoms with Crippen molar-refractivity contribution in [3.05, 3.63) is 30.1 Å². The number of amides is 2. The zero-order valence-electron chi connectivity index (χ0n) is 15.8. The Bertz CT molecular complexity index is 941. The molecule has 0 saturated carbocycles. The van der Waals surface area contributed by atoms with Gasteiger partial charge in [0.2, 0.25) is 5.91 Å². The summed E-state index contributed by atoms with van der Waals surface area (Å²) in [5.74, 6) is -0.962. The SMILES string of the molecule is CCC(NC(=O)C1CN(c2ccc(C#N)c3nccnc23)CC(C)O1)C(N)=O. The Balaban J connectivity index is 1.88. The molecule has 3 rings (SSSR count). The molecule has 3 unspecified atom stereocenters. The van der Waals surface area contributed by atoms with E-state index >= 15 is 0 Å². The number of primary amides is 1. The number of fused-ring (bicyclic) bond motifs is 1. The first-order valence-electron chi connectivity index (χ1n) is 9.08. The molecule has 1 aliphatic heterocycles. The summed E-state index contributed by atoms with van der Waals surface area (Å²) < 4.78 is 5.79. The maximum atomic E-state index is 12.6. The van der Waals surface area contributed by atoms with Crippen molar-refractivity contribution in [2.45, 2.75) is 38.5 Å². The highest BCUT2D eigenvalue weighted by molar-refractivity contribution is 5.93. The minimum absolute atomic E-state index is 0.222. The van der Waals surface area contributed by atoms with Crippen LogP contribution in [0.5, 0.6) is 0 Å². The third kappa shape index (κ3) is 3.87. The third-order valence-electron chi connectivity index (χ3n) is 4.69. The lowest BCUT2D eigenvalue weighted by atomic mass is 10.1. The molecule has 0 aliphatic carbocycles. The number of nitrogens with zero attached hydrogens (tertiary/aromatic N) is 4. The van der Waals surface area contributed by atoms with Gasteiger partial charge in [0.25, 0.3) is 5.91 Å². The fourth-order valence-corrected chi connectivity index (χ4v) is 3.32. The number of ether oxygens (including phenoxy) is 1. The largest absolute Gasteiger partial charge is 0.368 e. The van der Waals surface area contributed by atoms with Gasteiger partial charge in [-0.15, -0.1) is 0 Å². The maximum Gasteiger partial charge on any atom is 0.251 e. The van der Waals surface area contributed by atoms with E-state index in [1.165, 1.54) is 0 Å².